The van der Waals surface area contributed by atoms with E-state index in [9.17, 15) is 4.79 Å². The minimum Gasteiger partial charge on any atom is -0.490 e. The molecule has 0 aliphatic carbocycles. The number of allylic oxidation sites excluding steroid dienone is 3. The summed E-state index contributed by atoms with van der Waals surface area (Å²) in [5, 5.41) is 8.91. The fourth-order valence-electron chi connectivity index (χ4n) is 1.79. The molecule has 0 aliphatic rings. The van der Waals surface area contributed by atoms with Gasteiger partial charge in [-0.3, -0.25) is 4.79 Å². The standard InChI is InChI=1S/C18H20O3/c1-3-5-6-7-13-21-17-11-9-15(10-12-17)16(8-4-2)14-18(19)20/h3,5-7,9-12,16H,13-14H2,1-2H3,(H,19,20)/b5-3+,7-6+/t16-/m1/s1. The minimum absolute atomic E-state index is 0.00708. The van der Waals surface area contributed by atoms with Crippen molar-refractivity contribution in [2.45, 2.75) is 26.2 Å². The summed E-state index contributed by atoms with van der Waals surface area (Å²) >= 11 is 0. The van der Waals surface area contributed by atoms with E-state index in [0.29, 0.717) is 6.61 Å². The summed E-state index contributed by atoms with van der Waals surface area (Å²) in [6, 6.07) is 7.40. The molecule has 0 radical (unpaired) electrons. The molecular formula is C18H20O3. The highest BCUT2D eigenvalue weighted by Crippen LogP contribution is 2.22. The van der Waals surface area contributed by atoms with Gasteiger partial charge in [-0.1, -0.05) is 36.3 Å². The van der Waals surface area contributed by atoms with Crippen LogP contribution in [-0.2, 0) is 4.79 Å². The molecule has 1 aromatic carbocycles. The molecule has 0 aliphatic heterocycles. The molecular weight excluding hydrogens is 264 g/mol. The molecule has 0 unspecified atom stereocenters. The van der Waals surface area contributed by atoms with Crippen LogP contribution < -0.4 is 4.74 Å². The average molecular weight is 284 g/mol. The lowest BCUT2D eigenvalue weighted by atomic mass is 9.96. The molecule has 0 amide bonds. The molecule has 0 spiro atoms. The molecule has 0 bridgehead atoms. The monoisotopic (exact) mass is 284 g/mol. The number of hydrogen-bond donors (Lipinski definition) is 1. The van der Waals surface area contributed by atoms with E-state index < -0.39 is 5.97 Å². The normalized spacial score (nSPS) is 12.1. The van der Waals surface area contributed by atoms with Crippen LogP contribution in [0.2, 0.25) is 0 Å². The fourth-order valence-corrected chi connectivity index (χ4v) is 1.79. The van der Waals surface area contributed by atoms with Crippen LogP contribution >= 0.6 is 0 Å². The molecule has 0 saturated carbocycles. The quantitative estimate of drug-likeness (QED) is 0.612. The molecule has 110 valence electrons. The number of carboxylic acid groups (broad SMARTS) is 1. The van der Waals surface area contributed by atoms with Gasteiger partial charge in [-0.25, -0.2) is 0 Å². The Labute approximate surface area is 126 Å². The van der Waals surface area contributed by atoms with Crippen LogP contribution in [0.15, 0.2) is 48.6 Å². The van der Waals surface area contributed by atoms with Crippen LogP contribution in [-0.4, -0.2) is 17.7 Å². The number of benzene rings is 1. The van der Waals surface area contributed by atoms with Gasteiger partial charge >= 0.3 is 5.97 Å². The topological polar surface area (TPSA) is 46.5 Å². The predicted octanol–water partition coefficient (Wildman–Crippen LogP) is 3.78. The Bertz CT molecular complexity index is 556. The van der Waals surface area contributed by atoms with E-state index in [4.69, 9.17) is 9.84 Å². The van der Waals surface area contributed by atoms with Crippen LogP contribution in [0, 0.1) is 11.8 Å². The Kier molecular flexibility index (Phi) is 7.45. The second-order valence-electron chi connectivity index (χ2n) is 4.38. The van der Waals surface area contributed by atoms with Crippen molar-refractivity contribution in [3.63, 3.8) is 0 Å². The number of hydrogen-bond acceptors (Lipinski definition) is 2. The van der Waals surface area contributed by atoms with Gasteiger partial charge in [0, 0.05) is 0 Å². The maximum Gasteiger partial charge on any atom is 0.304 e. The second kappa shape index (κ2) is 9.44. The molecule has 3 nitrogen and oxygen atoms in total. The van der Waals surface area contributed by atoms with Crippen LogP contribution in [0.25, 0.3) is 0 Å². The van der Waals surface area contributed by atoms with Crippen molar-refractivity contribution in [3.8, 4) is 17.6 Å². The molecule has 3 heteroatoms. The fraction of sp³-hybridized carbons (Fsp3) is 0.278. The van der Waals surface area contributed by atoms with Crippen molar-refractivity contribution < 1.29 is 14.6 Å². The van der Waals surface area contributed by atoms with Gasteiger partial charge in [0.25, 0.3) is 0 Å². The second-order valence-corrected chi connectivity index (χ2v) is 4.38. The average Bonchev–Trinajstić information content (AvgIpc) is 2.47. The van der Waals surface area contributed by atoms with E-state index >= 15 is 0 Å². The number of carbonyl (C=O) groups is 1. The summed E-state index contributed by atoms with van der Waals surface area (Å²) in [7, 11) is 0. The third-order valence-corrected chi connectivity index (χ3v) is 2.77. The van der Waals surface area contributed by atoms with Crippen molar-refractivity contribution >= 4 is 5.97 Å². The number of aliphatic carboxylic acids is 1. The lowest BCUT2D eigenvalue weighted by Gasteiger charge is -2.10. The van der Waals surface area contributed by atoms with Crippen LogP contribution in [0.1, 0.15) is 31.7 Å². The molecule has 0 aromatic heterocycles. The number of carboxylic acids is 1. The first-order valence-corrected chi connectivity index (χ1v) is 6.82. The van der Waals surface area contributed by atoms with Gasteiger partial charge in [-0.2, -0.15) is 0 Å². The number of ether oxygens (including phenoxy) is 1. The van der Waals surface area contributed by atoms with Gasteiger partial charge in [-0.15, -0.1) is 5.92 Å². The molecule has 0 fully saturated rings. The maximum atomic E-state index is 10.8. The first kappa shape index (κ1) is 16.6. The summed E-state index contributed by atoms with van der Waals surface area (Å²) in [5.74, 6) is 5.33. The van der Waals surface area contributed by atoms with E-state index in [2.05, 4.69) is 11.8 Å². The van der Waals surface area contributed by atoms with Gasteiger partial charge < -0.3 is 9.84 Å². The lowest BCUT2D eigenvalue weighted by molar-refractivity contribution is -0.137. The van der Waals surface area contributed by atoms with Crippen molar-refractivity contribution in [2.75, 3.05) is 6.61 Å². The Balaban J connectivity index is 2.66. The summed E-state index contributed by atoms with van der Waals surface area (Å²) in [6.45, 7) is 4.16. The summed E-state index contributed by atoms with van der Waals surface area (Å²) in [5.41, 5.74) is 0.892. The zero-order valence-corrected chi connectivity index (χ0v) is 12.4. The highest BCUT2D eigenvalue weighted by atomic mass is 16.5. The van der Waals surface area contributed by atoms with E-state index in [-0.39, 0.29) is 12.3 Å². The van der Waals surface area contributed by atoms with Gasteiger partial charge in [0.1, 0.15) is 12.4 Å². The molecule has 1 atom stereocenters. The van der Waals surface area contributed by atoms with Crippen molar-refractivity contribution in [1.29, 1.82) is 0 Å². The molecule has 1 aromatic rings. The Hall–Kier alpha value is -2.47. The van der Waals surface area contributed by atoms with E-state index in [0.717, 1.165) is 11.3 Å². The predicted molar refractivity (Wildman–Crippen MR) is 84.3 cm³/mol. The third kappa shape index (κ3) is 6.49. The SMILES string of the molecule is CC#C[C@H](CC(=O)O)c1ccc(OC/C=C/C=C/C)cc1. The van der Waals surface area contributed by atoms with Gasteiger partial charge in [0.15, 0.2) is 0 Å². The van der Waals surface area contributed by atoms with E-state index in [1.165, 1.54) is 0 Å². The highest BCUT2D eigenvalue weighted by molar-refractivity contribution is 5.69. The molecule has 21 heavy (non-hydrogen) atoms. The first-order chi connectivity index (χ1) is 10.2. The summed E-state index contributed by atoms with van der Waals surface area (Å²) < 4.78 is 5.56. The molecule has 0 heterocycles. The van der Waals surface area contributed by atoms with Crippen LogP contribution in [0.3, 0.4) is 0 Å². The van der Waals surface area contributed by atoms with Crippen LogP contribution in [0.4, 0.5) is 0 Å². The van der Waals surface area contributed by atoms with Crippen molar-refractivity contribution in [2.24, 2.45) is 0 Å². The zero-order chi connectivity index (χ0) is 15.5. The first-order valence-electron chi connectivity index (χ1n) is 6.82. The lowest BCUT2D eigenvalue weighted by Crippen LogP contribution is -2.04. The van der Waals surface area contributed by atoms with Crippen molar-refractivity contribution in [1.82, 2.24) is 0 Å². The van der Waals surface area contributed by atoms with Crippen molar-refractivity contribution in [3.05, 3.63) is 54.1 Å². The smallest absolute Gasteiger partial charge is 0.304 e. The Morgan fingerprint density at radius 1 is 1.33 bits per heavy atom. The van der Waals surface area contributed by atoms with Gasteiger partial charge in [0.2, 0.25) is 0 Å². The maximum absolute atomic E-state index is 10.8. The van der Waals surface area contributed by atoms with E-state index in [1.807, 2.05) is 55.5 Å². The largest absolute Gasteiger partial charge is 0.490 e. The number of rotatable bonds is 7. The molecule has 1 N–H and O–H groups in total. The summed E-state index contributed by atoms with van der Waals surface area (Å²) in [6.07, 6.45) is 7.74. The zero-order valence-electron chi connectivity index (χ0n) is 12.4. The molecule has 0 saturated heterocycles. The van der Waals surface area contributed by atoms with E-state index in [1.54, 1.807) is 6.92 Å². The van der Waals surface area contributed by atoms with Gasteiger partial charge in [-0.05, 0) is 37.6 Å². The summed E-state index contributed by atoms with van der Waals surface area (Å²) in [4.78, 5) is 10.8. The molecule has 1 rings (SSSR count). The Morgan fingerprint density at radius 3 is 2.62 bits per heavy atom. The third-order valence-electron chi connectivity index (χ3n) is 2.77. The highest BCUT2D eigenvalue weighted by Gasteiger charge is 2.12. The van der Waals surface area contributed by atoms with Crippen LogP contribution in [0.5, 0.6) is 5.75 Å². The Morgan fingerprint density at radius 2 is 2.05 bits per heavy atom. The minimum atomic E-state index is -0.850. The van der Waals surface area contributed by atoms with Gasteiger partial charge in [0.05, 0.1) is 12.3 Å².